The van der Waals surface area contributed by atoms with Crippen molar-refractivity contribution in [1.29, 1.82) is 0 Å². The van der Waals surface area contributed by atoms with E-state index in [0.717, 1.165) is 0 Å². The molecule has 1 nitrogen and oxygen atoms in total. The average Bonchev–Trinajstić information content (AvgIpc) is 2.87. The van der Waals surface area contributed by atoms with Crippen molar-refractivity contribution in [1.82, 2.24) is 0 Å². The Morgan fingerprint density at radius 3 is 0.864 bits per heavy atom. The van der Waals surface area contributed by atoms with E-state index in [4.69, 9.17) is 0 Å². The first-order valence-electron chi connectivity index (χ1n) is 8.95. The Kier molecular flexibility index (Phi) is 2.34. The second-order valence-corrected chi connectivity index (χ2v) is 12.3. The molecule has 4 aliphatic rings. The molecule has 0 aromatic rings. The molecule has 0 spiro atoms. The lowest BCUT2D eigenvalue weighted by molar-refractivity contribution is -0.218. The summed E-state index contributed by atoms with van der Waals surface area (Å²) >= 11 is 0. The van der Waals surface area contributed by atoms with Crippen LogP contribution in [0.1, 0.15) is 83.1 Å². The number of Topliss-reactive ketones (excluding diaryl/α,β-unsaturated/α-hetero) is 1. The summed E-state index contributed by atoms with van der Waals surface area (Å²) in [5.74, 6) is 0.574. The van der Waals surface area contributed by atoms with E-state index < -0.39 is 0 Å². The number of rotatable bonds is 0. The zero-order valence-electron chi connectivity index (χ0n) is 16.9. The van der Waals surface area contributed by atoms with Gasteiger partial charge in [0.15, 0.2) is 0 Å². The quantitative estimate of drug-likeness (QED) is 0.559. The van der Waals surface area contributed by atoms with Crippen molar-refractivity contribution in [2.24, 2.45) is 43.3 Å². The van der Waals surface area contributed by atoms with Crippen molar-refractivity contribution in [3.05, 3.63) is 0 Å². The molecule has 1 heteroatoms. The molecular weight excluding hydrogens is 268 g/mol. The van der Waals surface area contributed by atoms with Gasteiger partial charge in [0.25, 0.3) is 0 Å². The Labute approximate surface area is 137 Å². The summed E-state index contributed by atoms with van der Waals surface area (Å²) in [6.07, 6.45) is 0. The van der Waals surface area contributed by atoms with Gasteiger partial charge in [-0.15, -0.1) is 0 Å². The van der Waals surface area contributed by atoms with Gasteiger partial charge in [-0.25, -0.2) is 0 Å². The number of carbonyl (C=O) groups is 1. The predicted molar refractivity (Wildman–Crippen MR) is 92.6 cm³/mol. The van der Waals surface area contributed by atoms with Crippen LogP contribution in [0.5, 0.6) is 0 Å². The second kappa shape index (κ2) is 3.11. The maximum absolute atomic E-state index is 13.5. The molecule has 0 saturated heterocycles. The van der Waals surface area contributed by atoms with Gasteiger partial charge in [0.1, 0.15) is 5.78 Å². The first-order chi connectivity index (χ1) is 9.40. The Morgan fingerprint density at radius 2 is 0.727 bits per heavy atom. The van der Waals surface area contributed by atoms with E-state index >= 15 is 0 Å². The summed E-state index contributed by atoms with van der Waals surface area (Å²) in [6, 6.07) is 0. The third-order valence-corrected chi connectivity index (χ3v) is 7.87. The summed E-state index contributed by atoms with van der Waals surface area (Å²) < 4.78 is 0. The molecule has 0 aromatic carbocycles. The molecule has 4 fully saturated rings. The Bertz CT molecular complexity index is 517. The van der Waals surface area contributed by atoms with Crippen LogP contribution in [0.4, 0.5) is 0 Å². The van der Waals surface area contributed by atoms with E-state index in [2.05, 4.69) is 83.1 Å². The third-order valence-electron chi connectivity index (χ3n) is 7.87. The lowest BCUT2D eigenvalue weighted by Gasteiger charge is -2.68. The lowest BCUT2D eigenvalue weighted by Crippen LogP contribution is -2.74. The molecule has 0 heterocycles. The molecule has 0 atom stereocenters. The molecule has 2 bridgehead atoms. The minimum Gasteiger partial charge on any atom is -0.298 e. The van der Waals surface area contributed by atoms with Crippen molar-refractivity contribution < 1.29 is 4.79 Å². The average molecular weight is 305 g/mol. The highest BCUT2D eigenvalue weighted by Crippen LogP contribution is 3.25. The summed E-state index contributed by atoms with van der Waals surface area (Å²) in [5.41, 5.74) is 0.518. The van der Waals surface area contributed by atoms with Gasteiger partial charge in [0, 0.05) is 21.7 Å². The fraction of sp³-hybridized carbons (Fsp3) is 0.952. The highest BCUT2D eigenvalue weighted by molar-refractivity contribution is 6.21. The SMILES string of the molecule is CC(C)(C)C12C(=O)C3(C(C)(C)C)C1(C(C)(C)C)C23C(C)(C)C. The Morgan fingerprint density at radius 1 is 0.500 bits per heavy atom. The van der Waals surface area contributed by atoms with Crippen LogP contribution in [0.15, 0.2) is 0 Å². The monoisotopic (exact) mass is 304 g/mol. The van der Waals surface area contributed by atoms with Gasteiger partial charge in [-0.1, -0.05) is 83.1 Å². The van der Waals surface area contributed by atoms with Crippen LogP contribution < -0.4 is 0 Å². The fourth-order valence-corrected chi connectivity index (χ4v) is 8.77. The lowest BCUT2D eigenvalue weighted by atomic mass is 9.32. The molecule has 0 N–H and O–H groups in total. The molecule has 4 saturated carbocycles. The minimum absolute atomic E-state index is 0.0393. The molecule has 22 heavy (non-hydrogen) atoms. The summed E-state index contributed by atoms with van der Waals surface area (Å²) in [5, 5.41) is 0. The maximum Gasteiger partial charge on any atom is 0.148 e. The molecule has 0 aromatic heterocycles. The van der Waals surface area contributed by atoms with Crippen LogP contribution in [0.25, 0.3) is 0 Å². The first kappa shape index (κ1) is 16.5. The molecule has 4 aliphatic carbocycles. The zero-order valence-corrected chi connectivity index (χ0v) is 16.9. The van der Waals surface area contributed by atoms with Crippen LogP contribution in [0.3, 0.4) is 0 Å². The molecule has 0 aliphatic heterocycles. The van der Waals surface area contributed by atoms with E-state index in [1.807, 2.05) is 0 Å². The molecule has 126 valence electrons. The number of hydrogen-bond donors (Lipinski definition) is 0. The van der Waals surface area contributed by atoms with Gasteiger partial charge in [-0.05, 0) is 21.7 Å². The van der Waals surface area contributed by atoms with Gasteiger partial charge in [0.05, 0.1) is 0 Å². The Balaban J connectivity index is 2.36. The van der Waals surface area contributed by atoms with Gasteiger partial charge in [-0.2, -0.15) is 0 Å². The van der Waals surface area contributed by atoms with Gasteiger partial charge in [0.2, 0.25) is 0 Å². The molecular formula is C21H36O. The standard InChI is InChI=1S/C21H36O/c1-14(2,3)18-13(22)19(15(4,5)6)20(18,16(7,8)9)21(18,19)17(10,11)12/h1-12H3. The Hall–Kier alpha value is -0.330. The predicted octanol–water partition coefficient (Wildman–Crippen LogP) is 5.73. The molecule has 0 amide bonds. The van der Waals surface area contributed by atoms with E-state index in [1.165, 1.54) is 0 Å². The van der Waals surface area contributed by atoms with Crippen LogP contribution >= 0.6 is 0 Å². The van der Waals surface area contributed by atoms with E-state index in [-0.39, 0.29) is 43.3 Å². The van der Waals surface area contributed by atoms with E-state index in [0.29, 0.717) is 5.78 Å². The highest BCUT2D eigenvalue weighted by Gasteiger charge is 3.29. The van der Waals surface area contributed by atoms with Crippen LogP contribution in [0.2, 0.25) is 0 Å². The van der Waals surface area contributed by atoms with Crippen molar-refractivity contribution >= 4 is 5.78 Å². The largest absolute Gasteiger partial charge is 0.298 e. The summed E-state index contributed by atoms with van der Waals surface area (Å²) in [7, 11) is 0. The number of hydrogen-bond acceptors (Lipinski definition) is 1. The molecule has 0 unspecified atom stereocenters. The van der Waals surface area contributed by atoms with Gasteiger partial charge >= 0.3 is 0 Å². The third kappa shape index (κ3) is 0.872. The van der Waals surface area contributed by atoms with Gasteiger partial charge < -0.3 is 0 Å². The summed E-state index contributed by atoms with van der Waals surface area (Å²) in [6.45, 7) is 28.0. The topological polar surface area (TPSA) is 17.1 Å². The van der Waals surface area contributed by atoms with Crippen molar-refractivity contribution in [2.75, 3.05) is 0 Å². The maximum atomic E-state index is 13.5. The first-order valence-corrected chi connectivity index (χ1v) is 8.95. The molecule has 0 radical (unpaired) electrons. The normalized spacial score (nSPS) is 47.0. The van der Waals surface area contributed by atoms with Crippen LogP contribution in [-0.4, -0.2) is 5.78 Å². The van der Waals surface area contributed by atoms with Crippen LogP contribution in [-0.2, 0) is 4.79 Å². The van der Waals surface area contributed by atoms with Crippen molar-refractivity contribution in [2.45, 2.75) is 83.1 Å². The fourth-order valence-electron chi connectivity index (χ4n) is 8.77. The van der Waals surface area contributed by atoms with Crippen molar-refractivity contribution in [3.8, 4) is 0 Å². The van der Waals surface area contributed by atoms with E-state index in [1.54, 1.807) is 0 Å². The number of carbonyl (C=O) groups excluding carboxylic acids is 1. The number of ketones is 1. The zero-order chi connectivity index (χ0) is 17.6. The smallest absolute Gasteiger partial charge is 0.148 e. The molecule has 4 rings (SSSR count). The van der Waals surface area contributed by atoms with Gasteiger partial charge in [-0.3, -0.25) is 4.79 Å². The minimum atomic E-state index is -0.114. The summed E-state index contributed by atoms with van der Waals surface area (Å²) in [4.78, 5) is 13.5. The van der Waals surface area contributed by atoms with Crippen molar-refractivity contribution in [3.63, 3.8) is 0 Å². The highest BCUT2D eigenvalue weighted by atomic mass is 16.2. The van der Waals surface area contributed by atoms with E-state index in [9.17, 15) is 4.79 Å². The second-order valence-electron chi connectivity index (χ2n) is 12.3. The van der Waals surface area contributed by atoms with Crippen LogP contribution in [0, 0.1) is 43.3 Å².